The zero-order chi connectivity index (χ0) is 13.9. The molecule has 0 bridgehead atoms. The lowest BCUT2D eigenvalue weighted by atomic mass is 10.3. The van der Waals surface area contributed by atoms with Crippen LogP contribution in [0, 0.1) is 0 Å². The third kappa shape index (κ3) is 3.37. The van der Waals surface area contributed by atoms with Gasteiger partial charge in [0.25, 0.3) is 0 Å². The molecule has 0 radical (unpaired) electrons. The Morgan fingerprint density at radius 3 is 2.50 bits per heavy atom. The fourth-order valence-corrected chi connectivity index (χ4v) is 2.40. The van der Waals surface area contributed by atoms with Gasteiger partial charge in [-0.15, -0.1) is 0 Å². The van der Waals surface area contributed by atoms with E-state index in [4.69, 9.17) is 0 Å². The summed E-state index contributed by atoms with van der Waals surface area (Å²) in [4.78, 5) is 11.6. The lowest BCUT2D eigenvalue weighted by Crippen LogP contribution is -2.47. The van der Waals surface area contributed by atoms with Crippen molar-refractivity contribution >= 4 is 11.6 Å². The summed E-state index contributed by atoms with van der Waals surface area (Å²) in [5, 5.41) is 5.54. The van der Waals surface area contributed by atoms with Crippen molar-refractivity contribution in [3.63, 3.8) is 0 Å². The number of aromatic nitrogens is 2. The molecule has 6 heteroatoms. The topological polar surface area (TPSA) is 56.3 Å². The predicted molar refractivity (Wildman–Crippen MR) is 80.9 cm³/mol. The molecule has 1 aromatic rings. The average Bonchev–Trinajstić information content (AvgIpc) is 3.26. The van der Waals surface area contributed by atoms with Crippen LogP contribution in [0.3, 0.4) is 0 Å². The third-order valence-electron chi connectivity index (χ3n) is 3.82. The number of likely N-dealkylation sites (N-methyl/N-ethyl adjacent to an activating group) is 1. The number of rotatable bonds is 5. The van der Waals surface area contributed by atoms with Gasteiger partial charge in [0, 0.05) is 44.7 Å². The SMILES string of the molecule is CCNc1cc(NN2CCN(C)CC2)nc(C2CC2)n1. The van der Waals surface area contributed by atoms with Gasteiger partial charge in [0.05, 0.1) is 0 Å². The molecule has 20 heavy (non-hydrogen) atoms. The summed E-state index contributed by atoms with van der Waals surface area (Å²) in [6.07, 6.45) is 2.45. The van der Waals surface area contributed by atoms with Gasteiger partial charge in [0.15, 0.2) is 0 Å². The maximum Gasteiger partial charge on any atom is 0.146 e. The van der Waals surface area contributed by atoms with Crippen LogP contribution in [0.15, 0.2) is 6.07 Å². The molecule has 2 aliphatic rings. The van der Waals surface area contributed by atoms with Crippen LogP contribution in [0.1, 0.15) is 31.5 Å². The number of hydrogen-bond acceptors (Lipinski definition) is 6. The summed E-state index contributed by atoms with van der Waals surface area (Å²) in [7, 11) is 2.16. The zero-order valence-corrected chi connectivity index (χ0v) is 12.4. The van der Waals surface area contributed by atoms with Crippen LogP contribution in [-0.4, -0.2) is 59.6 Å². The first-order valence-corrected chi connectivity index (χ1v) is 7.57. The molecular weight excluding hydrogens is 252 g/mol. The molecule has 1 saturated carbocycles. The standard InChI is InChI=1S/C14H24N6/c1-3-15-12-10-13(17-14(16-12)11-4-5-11)18-20-8-6-19(2)7-9-20/h10-11H,3-9H2,1-2H3,(H2,15,16,17,18). The van der Waals surface area contributed by atoms with E-state index in [2.05, 4.69) is 44.6 Å². The zero-order valence-electron chi connectivity index (χ0n) is 12.4. The second-order valence-electron chi connectivity index (χ2n) is 5.70. The van der Waals surface area contributed by atoms with Gasteiger partial charge < -0.3 is 15.6 Å². The fraction of sp³-hybridized carbons (Fsp3) is 0.714. The van der Waals surface area contributed by atoms with Crippen molar-refractivity contribution in [2.45, 2.75) is 25.7 Å². The number of nitrogens with zero attached hydrogens (tertiary/aromatic N) is 4. The van der Waals surface area contributed by atoms with E-state index in [1.807, 2.05) is 6.07 Å². The van der Waals surface area contributed by atoms with Gasteiger partial charge in [-0.05, 0) is 26.8 Å². The molecular formula is C14H24N6. The number of anilines is 2. The first-order chi connectivity index (χ1) is 9.74. The Hall–Kier alpha value is -1.40. The Labute approximate surface area is 120 Å². The molecule has 110 valence electrons. The van der Waals surface area contributed by atoms with Gasteiger partial charge in [0.2, 0.25) is 0 Å². The van der Waals surface area contributed by atoms with Gasteiger partial charge in [-0.3, -0.25) is 0 Å². The minimum Gasteiger partial charge on any atom is -0.370 e. The van der Waals surface area contributed by atoms with Gasteiger partial charge in [0.1, 0.15) is 17.5 Å². The van der Waals surface area contributed by atoms with Crippen molar-refractivity contribution in [1.29, 1.82) is 0 Å². The van der Waals surface area contributed by atoms with Crippen LogP contribution >= 0.6 is 0 Å². The molecule has 0 amide bonds. The van der Waals surface area contributed by atoms with E-state index in [1.165, 1.54) is 12.8 Å². The molecule has 1 aliphatic carbocycles. The van der Waals surface area contributed by atoms with Gasteiger partial charge in [-0.1, -0.05) is 0 Å². The Bertz CT molecular complexity index is 451. The average molecular weight is 276 g/mol. The van der Waals surface area contributed by atoms with E-state index in [-0.39, 0.29) is 0 Å². The smallest absolute Gasteiger partial charge is 0.146 e. The minimum absolute atomic E-state index is 0.571. The second kappa shape index (κ2) is 5.93. The normalized spacial score (nSPS) is 20.9. The lowest BCUT2D eigenvalue weighted by Gasteiger charge is -2.32. The summed E-state index contributed by atoms with van der Waals surface area (Å²) in [5.41, 5.74) is 3.44. The van der Waals surface area contributed by atoms with Gasteiger partial charge in [-0.25, -0.2) is 15.0 Å². The molecule has 0 aromatic carbocycles. The summed E-state index contributed by atoms with van der Waals surface area (Å²) in [6, 6.07) is 2.01. The van der Waals surface area contributed by atoms with Crippen LogP contribution < -0.4 is 10.7 Å². The molecule has 0 atom stereocenters. The first kappa shape index (κ1) is 13.6. The summed E-state index contributed by atoms with van der Waals surface area (Å²) in [5.74, 6) is 3.41. The summed E-state index contributed by atoms with van der Waals surface area (Å²) >= 11 is 0. The van der Waals surface area contributed by atoms with Gasteiger partial charge in [-0.2, -0.15) is 0 Å². The van der Waals surface area contributed by atoms with E-state index in [1.54, 1.807) is 0 Å². The molecule has 1 aliphatic heterocycles. The monoisotopic (exact) mass is 276 g/mol. The molecule has 6 nitrogen and oxygen atoms in total. The lowest BCUT2D eigenvalue weighted by molar-refractivity contribution is 0.178. The highest BCUT2D eigenvalue weighted by molar-refractivity contribution is 5.47. The molecule has 0 unspecified atom stereocenters. The summed E-state index contributed by atoms with van der Waals surface area (Å²) < 4.78 is 0. The van der Waals surface area contributed by atoms with E-state index < -0.39 is 0 Å². The summed E-state index contributed by atoms with van der Waals surface area (Å²) in [6.45, 7) is 7.20. The Kier molecular flexibility index (Phi) is 4.03. The molecule has 2 N–H and O–H groups in total. The van der Waals surface area contributed by atoms with Crippen molar-refractivity contribution < 1.29 is 0 Å². The molecule has 2 heterocycles. The number of hydrogen-bond donors (Lipinski definition) is 2. The van der Waals surface area contributed by atoms with Crippen molar-refractivity contribution in [3.05, 3.63) is 11.9 Å². The van der Waals surface area contributed by atoms with Crippen LogP contribution in [0.5, 0.6) is 0 Å². The van der Waals surface area contributed by atoms with E-state index in [0.29, 0.717) is 5.92 Å². The molecule has 1 saturated heterocycles. The van der Waals surface area contributed by atoms with Crippen molar-refractivity contribution in [2.75, 3.05) is 50.5 Å². The maximum absolute atomic E-state index is 4.67. The van der Waals surface area contributed by atoms with Crippen molar-refractivity contribution in [3.8, 4) is 0 Å². The molecule has 3 rings (SSSR count). The third-order valence-corrected chi connectivity index (χ3v) is 3.82. The highest BCUT2D eigenvalue weighted by Gasteiger charge is 2.27. The molecule has 2 fully saturated rings. The molecule has 1 aromatic heterocycles. The Morgan fingerprint density at radius 1 is 1.15 bits per heavy atom. The predicted octanol–water partition coefficient (Wildman–Crippen LogP) is 1.36. The number of piperazine rings is 1. The van der Waals surface area contributed by atoms with Crippen molar-refractivity contribution in [1.82, 2.24) is 19.9 Å². The Balaban J connectivity index is 1.70. The Morgan fingerprint density at radius 2 is 1.85 bits per heavy atom. The second-order valence-corrected chi connectivity index (χ2v) is 5.70. The van der Waals surface area contributed by atoms with Crippen LogP contribution in [0.25, 0.3) is 0 Å². The maximum atomic E-state index is 4.67. The van der Waals surface area contributed by atoms with E-state index in [9.17, 15) is 0 Å². The quantitative estimate of drug-likeness (QED) is 0.847. The minimum atomic E-state index is 0.571. The van der Waals surface area contributed by atoms with Crippen LogP contribution in [0.2, 0.25) is 0 Å². The largest absolute Gasteiger partial charge is 0.370 e. The number of hydrazine groups is 1. The van der Waals surface area contributed by atoms with Crippen molar-refractivity contribution in [2.24, 2.45) is 0 Å². The molecule has 0 spiro atoms. The van der Waals surface area contributed by atoms with Crippen LogP contribution in [0.4, 0.5) is 11.6 Å². The number of nitrogens with one attached hydrogen (secondary N) is 2. The van der Waals surface area contributed by atoms with Gasteiger partial charge >= 0.3 is 0 Å². The van der Waals surface area contributed by atoms with E-state index >= 15 is 0 Å². The highest BCUT2D eigenvalue weighted by Crippen LogP contribution is 2.38. The van der Waals surface area contributed by atoms with Crippen LogP contribution in [-0.2, 0) is 0 Å². The van der Waals surface area contributed by atoms with E-state index in [0.717, 1.165) is 50.2 Å². The highest BCUT2D eigenvalue weighted by atomic mass is 15.5. The fourth-order valence-electron chi connectivity index (χ4n) is 2.40. The first-order valence-electron chi connectivity index (χ1n) is 7.57.